The maximum absolute atomic E-state index is 4.80. The molecule has 1 aromatic heterocycles. The summed E-state index contributed by atoms with van der Waals surface area (Å²) in [4.78, 5) is 9.59. The molecule has 22 heavy (non-hydrogen) atoms. The highest BCUT2D eigenvalue weighted by molar-refractivity contribution is 5.31. The van der Waals surface area contributed by atoms with E-state index in [0.717, 1.165) is 36.7 Å². The van der Waals surface area contributed by atoms with E-state index in [9.17, 15) is 0 Å². The molecule has 2 aromatic rings. The van der Waals surface area contributed by atoms with Gasteiger partial charge in [-0.15, -0.1) is 0 Å². The lowest BCUT2D eigenvalue weighted by Crippen LogP contribution is -2.29. The Morgan fingerprint density at radius 3 is 2.55 bits per heavy atom. The van der Waals surface area contributed by atoms with E-state index < -0.39 is 0 Å². The van der Waals surface area contributed by atoms with Crippen molar-refractivity contribution in [3.05, 3.63) is 58.2 Å². The van der Waals surface area contributed by atoms with Gasteiger partial charge in [0.1, 0.15) is 5.82 Å². The van der Waals surface area contributed by atoms with Gasteiger partial charge in [0.15, 0.2) is 0 Å². The van der Waals surface area contributed by atoms with E-state index in [-0.39, 0.29) is 0 Å². The Kier molecular flexibility index (Phi) is 4.53. The molecule has 1 atom stereocenters. The SMILES string of the molecule is Cc1cccc(Cc2nc(C)c(C3CCCNC3)c(C)n2)c1. The van der Waals surface area contributed by atoms with Crippen molar-refractivity contribution in [2.45, 2.75) is 46.0 Å². The molecule has 0 radical (unpaired) electrons. The number of piperidine rings is 1. The second kappa shape index (κ2) is 6.57. The molecule has 2 heterocycles. The summed E-state index contributed by atoms with van der Waals surface area (Å²) in [6.07, 6.45) is 3.30. The molecule has 3 heteroatoms. The van der Waals surface area contributed by atoms with Crippen LogP contribution in [0.2, 0.25) is 0 Å². The van der Waals surface area contributed by atoms with E-state index in [2.05, 4.69) is 50.4 Å². The second-order valence-electron chi connectivity index (χ2n) is 6.43. The summed E-state index contributed by atoms with van der Waals surface area (Å²) < 4.78 is 0. The molecule has 1 fully saturated rings. The standard InChI is InChI=1S/C19H25N3/c1-13-6-4-7-16(10-13)11-18-21-14(2)19(15(3)22-18)17-8-5-9-20-12-17/h4,6-7,10,17,20H,5,8-9,11-12H2,1-3H3. The minimum Gasteiger partial charge on any atom is -0.316 e. The molecular formula is C19H25N3. The molecule has 116 valence electrons. The first-order chi connectivity index (χ1) is 10.6. The average Bonchev–Trinajstić information content (AvgIpc) is 2.47. The molecule has 1 N–H and O–H groups in total. The van der Waals surface area contributed by atoms with Crippen molar-refractivity contribution >= 4 is 0 Å². The zero-order valence-corrected chi connectivity index (χ0v) is 13.8. The Bertz CT molecular complexity index is 634. The Morgan fingerprint density at radius 2 is 1.91 bits per heavy atom. The van der Waals surface area contributed by atoms with E-state index >= 15 is 0 Å². The average molecular weight is 295 g/mol. The van der Waals surface area contributed by atoms with Crippen LogP contribution in [0.5, 0.6) is 0 Å². The van der Waals surface area contributed by atoms with Crippen LogP contribution in [0.25, 0.3) is 0 Å². The Balaban J connectivity index is 1.85. The molecule has 1 aliphatic rings. The van der Waals surface area contributed by atoms with E-state index in [1.165, 1.54) is 29.5 Å². The molecule has 0 aliphatic carbocycles. The monoisotopic (exact) mass is 295 g/mol. The van der Waals surface area contributed by atoms with E-state index in [4.69, 9.17) is 9.97 Å². The summed E-state index contributed by atoms with van der Waals surface area (Å²) in [7, 11) is 0. The minimum absolute atomic E-state index is 0.571. The molecule has 1 aromatic carbocycles. The molecular weight excluding hydrogens is 270 g/mol. The summed E-state index contributed by atoms with van der Waals surface area (Å²) in [6, 6.07) is 8.60. The molecule has 1 aliphatic heterocycles. The maximum Gasteiger partial charge on any atom is 0.133 e. The fourth-order valence-corrected chi connectivity index (χ4v) is 3.57. The molecule has 1 unspecified atom stereocenters. The van der Waals surface area contributed by atoms with Gasteiger partial charge in [0.25, 0.3) is 0 Å². The zero-order valence-electron chi connectivity index (χ0n) is 13.8. The van der Waals surface area contributed by atoms with Crippen LogP contribution in [0.4, 0.5) is 0 Å². The first kappa shape index (κ1) is 15.2. The Morgan fingerprint density at radius 1 is 1.14 bits per heavy atom. The fourth-order valence-electron chi connectivity index (χ4n) is 3.57. The van der Waals surface area contributed by atoms with Crippen molar-refractivity contribution in [1.82, 2.24) is 15.3 Å². The van der Waals surface area contributed by atoms with Gasteiger partial charge in [-0.3, -0.25) is 0 Å². The fraction of sp³-hybridized carbons (Fsp3) is 0.474. The lowest BCUT2D eigenvalue weighted by molar-refractivity contribution is 0.456. The van der Waals surface area contributed by atoms with Gasteiger partial charge in [-0.1, -0.05) is 29.8 Å². The Labute approximate surface area is 133 Å². The quantitative estimate of drug-likeness (QED) is 0.942. The summed E-state index contributed by atoms with van der Waals surface area (Å²) >= 11 is 0. The first-order valence-electron chi connectivity index (χ1n) is 8.24. The van der Waals surface area contributed by atoms with Gasteiger partial charge in [-0.25, -0.2) is 9.97 Å². The van der Waals surface area contributed by atoms with Crippen molar-refractivity contribution in [3.8, 4) is 0 Å². The predicted octanol–water partition coefficient (Wildman–Crippen LogP) is 3.46. The smallest absolute Gasteiger partial charge is 0.133 e. The highest BCUT2D eigenvalue weighted by Crippen LogP contribution is 2.27. The van der Waals surface area contributed by atoms with Gasteiger partial charge in [0.05, 0.1) is 0 Å². The van der Waals surface area contributed by atoms with Crippen molar-refractivity contribution in [1.29, 1.82) is 0 Å². The largest absolute Gasteiger partial charge is 0.316 e. The number of nitrogens with zero attached hydrogens (tertiary/aromatic N) is 2. The lowest BCUT2D eigenvalue weighted by Gasteiger charge is -2.25. The van der Waals surface area contributed by atoms with Gasteiger partial charge >= 0.3 is 0 Å². The summed E-state index contributed by atoms with van der Waals surface area (Å²) in [5.74, 6) is 1.51. The molecule has 0 bridgehead atoms. The number of hydrogen-bond acceptors (Lipinski definition) is 3. The Hall–Kier alpha value is -1.74. The number of aromatic nitrogens is 2. The highest BCUT2D eigenvalue weighted by atomic mass is 14.9. The van der Waals surface area contributed by atoms with Gasteiger partial charge < -0.3 is 5.32 Å². The van der Waals surface area contributed by atoms with Crippen LogP contribution in [0.1, 0.15) is 52.7 Å². The van der Waals surface area contributed by atoms with E-state index in [0.29, 0.717) is 5.92 Å². The number of hydrogen-bond donors (Lipinski definition) is 1. The zero-order chi connectivity index (χ0) is 15.5. The summed E-state index contributed by atoms with van der Waals surface area (Å²) in [5, 5.41) is 3.49. The molecule has 3 nitrogen and oxygen atoms in total. The number of benzene rings is 1. The minimum atomic E-state index is 0.571. The summed E-state index contributed by atoms with van der Waals surface area (Å²) in [5.41, 5.74) is 6.25. The van der Waals surface area contributed by atoms with Crippen LogP contribution >= 0.6 is 0 Å². The van der Waals surface area contributed by atoms with E-state index in [1.807, 2.05) is 0 Å². The van der Waals surface area contributed by atoms with Crippen LogP contribution in [-0.2, 0) is 6.42 Å². The van der Waals surface area contributed by atoms with Crippen LogP contribution in [0.15, 0.2) is 24.3 Å². The molecule has 3 rings (SSSR count). The number of nitrogens with one attached hydrogen (secondary N) is 1. The highest BCUT2D eigenvalue weighted by Gasteiger charge is 2.21. The second-order valence-corrected chi connectivity index (χ2v) is 6.43. The lowest BCUT2D eigenvalue weighted by atomic mass is 9.89. The predicted molar refractivity (Wildman–Crippen MR) is 90.3 cm³/mol. The van der Waals surface area contributed by atoms with Gasteiger partial charge in [0.2, 0.25) is 0 Å². The van der Waals surface area contributed by atoms with Crippen molar-refractivity contribution < 1.29 is 0 Å². The molecule has 1 saturated heterocycles. The molecule has 0 amide bonds. The topological polar surface area (TPSA) is 37.8 Å². The van der Waals surface area contributed by atoms with Crippen molar-refractivity contribution in [2.75, 3.05) is 13.1 Å². The molecule has 0 saturated carbocycles. The normalized spacial score (nSPS) is 18.4. The van der Waals surface area contributed by atoms with Crippen LogP contribution in [0.3, 0.4) is 0 Å². The van der Waals surface area contributed by atoms with Gasteiger partial charge in [-0.05, 0) is 57.2 Å². The van der Waals surface area contributed by atoms with Crippen LogP contribution in [-0.4, -0.2) is 23.1 Å². The van der Waals surface area contributed by atoms with Crippen LogP contribution in [0, 0.1) is 20.8 Å². The number of aryl methyl sites for hydroxylation is 3. The van der Waals surface area contributed by atoms with Crippen molar-refractivity contribution in [2.24, 2.45) is 0 Å². The van der Waals surface area contributed by atoms with E-state index in [1.54, 1.807) is 0 Å². The first-order valence-corrected chi connectivity index (χ1v) is 8.24. The van der Waals surface area contributed by atoms with Crippen LogP contribution < -0.4 is 5.32 Å². The summed E-state index contributed by atoms with van der Waals surface area (Å²) in [6.45, 7) is 8.60. The number of rotatable bonds is 3. The maximum atomic E-state index is 4.80. The third-order valence-corrected chi connectivity index (χ3v) is 4.52. The third kappa shape index (κ3) is 3.36. The van der Waals surface area contributed by atoms with Gasteiger partial charge in [0, 0.05) is 24.4 Å². The third-order valence-electron chi connectivity index (χ3n) is 4.52. The van der Waals surface area contributed by atoms with Crippen molar-refractivity contribution in [3.63, 3.8) is 0 Å². The molecule has 0 spiro atoms. The van der Waals surface area contributed by atoms with Gasteiger partial charge in [-0.2, -0.15) is 0 Å².